The molecule has 4 rings (SSSR count). The number of nitrogens with zero attached hydrogens (tertiary/aromatic N) is 2. The number of imidazole rings is 1. The molecule has 1 N–H and O–H groups in total. The van der Waals surface area contributed by atoms with Gasteiger partial charge in [0.1, 0.15) is 12.4 Å². The summed E-state index contributed by atoms with van der Waals surface area (Å²) in [5, 5.41) is 9.13. The average Bonchev–Trinajstić information content (AvgIpc) is 3.02. The van der Waals surface area contributed by atoms with E-state index in [1.807, 2.05) is 41.9 Å². The highest BCUT2D eigenvalue weighted by molar-refractivity contribution is 5.78. The summed E-state index contributed by atoms with van der Waals surface area (Å²) in [6.45, 7) is 2.53. The summed E-state index contributed by atoms with van der Waals surface area (Å²) >= 11 is 0. The van der Waals surface area contributed by atoms with Crippen molar-refractivity contribution in [1.82, 2.24) is 9.55 Å². The van der Waals surface area contributed by atoms with Gasteiger partial charge in [0.2, 0.25) is 0 Å². The third-order valence-electron chi connectivity index (χ3n) is 5.59. The van der Waals surface area contributed by atoms with Gasteiger partial charge in [0.15, 0.2) is 0 Å². The molecule has 2 aromatic carbocycles. The topological polar surface area (TPSA) is 73.6 Å². The van der Waals surface area contributed by atoms with E-state index in [4.69, 9.17) is 14.6 Å². The van der Waals surface area contributed by atoms with Crippen molar-refractivity contribution in [3.05, 3.63) is 53.6 Å². The van der Waals surface area contributed by atoms with Crippen molar-refractivity contribution < 1.29 is 19.4 Å². The van der Waals surface area contributed by atoms with Crippen molar-refractivity contribution in [2.75, 3.05) is 0 Å². The zero-order valence-corrected chi connectivity index (χ0v) is 16.8. The largest absolute Gasteiger partial charge is 0.490 e. The Morgan fingerprint density at radius 3 is 2.69 bits per heavy atom. The summed E-state index contributed by atoms with van der Waals surface area (Å²) in [4.78, 5) is 15.7. The first kappa shape index (κ1) is 19.3. The van der Waals surface area contributed by atoms with Gasteiger partial charge in [-0.3, -0.25) is 9.36 Å². The van der Waals surface area contributed by atoms with E-state index < -0.39 is 5.97 Å². The molecule has 1 fully saturated rings. The van der Waals surface area contributed by atoms with Crippen LogP contribution in [0, 0.1) is 12.8 Å². The van der Waals surface area contributed by atoms with E-state index in [1.165, 1.54) is 5.56 Å². The molecular formula is C23H26N2O4. The highest BCUT2D eigenvalue weighted by Gasteiger charge is 2.27. The van der Waals surface area contributed by atoms with Crippen molar-refractivity contribution in [3.63, 3.8) is 0 Å². The van der Waals surface area contributed by atoms with Crippen LogP contribution in [-0.2, 0) is 18.4 Å². The zero-order valence-electron chi connectivity index (χ0n) is 16.8. The molecule has 1 heterocycles. The van der Waals surface area contributed by atoms with Crippen LogP contribution in [0.15, 0.2) is 42.5 Å². The Kier molecular flexibility index (Phi) is 5.43. The molecule has 0 radical (unpaired) electrons. The van der Waals surface area contributed by atoms with Crippen LogP contribution in [0.5, 0.6) is 11.8 Å². The lowest BCUT2D eigenvalue weighted by Crippen LogP contribution is -2.27. The van der Waals surface area contributed by atoms with E-state index in [2.05, 4.69) is 24.0 Å². The van der Waals surface area contributed by atoms with Crippen LogP contribution in [-0.4, -0.2) is 26.7 Å². The number of aliphatic carboxylic acids is 1. The molecule has 0 aliphatic heterocycles. The molecule has 0 spiro atoms. The maximum atomic E-state index is 11.1. The first-order valence-corrected chi connectivity index (χ1v) is 10.0. The maximum absolute atomic E-state index is 11.1. The highest BCUT2D eigenvalue weighted by atomic mass is 16.5. The molecule has 0 saturated heterocycles. The Hall–Kier alpha value is -3.02. The molecule has 152 valence electrons. The van der Waals surface area contributed by atoms with Crippen LogP contribution in [0.4, 0.5) is 0 Å². The van der Waals surface area contributed by atoms with E-state index in [9.17, 15) is 4.79 Å². The van der Waals surface area contributed by atoms with Gasteiger partial charge in [0.25, 0.3) is 6.01 Å². The fraction of sp³-hybridized carbons (Fsp3) is 0.391. The number of aromatic nitrogens is 2. The lowest BCUT2D eigenvalue weighted by Gasteiger charge is -2.26. The minimum atomic E-state index is -0.698. The molecule has 0 bridgehead atoms. The highest BCUT2D eigenvalue weighted by Crippen LogP contribution is 2.30. The third kappa shape index (κ3) is 4.36. The van der Waals surface area contributed by atoms with Gasteiger partial charge in [-0.2, -0.15) is 4.98 Å². The van der Waals surface area contributed by atoms with Gasteiger partial charge in [-0.25, -0.2) is 0 Å². The number of benzene rings is 2. The van der Waals surface area contributed by atoms with Crippen molar-refractivity contribution in [2.24, 2.45) is 13.0 Å². The molecule has 1 aromatic heterocycles. The van der Waals surface area contributed by atoms with Crippen molar-refractivity contribution in [1.29, 1.82) is 0 Å². The number of fused-ring (bicyclic) bond motifs is 1. The maximum Gasteiger partial charge on any atom is 0.306 e. The summed E-state index contributed by atoms with van der Waals surface area (Å²) in [5.41, 5.74) is 4.11. The molecule has 1 aliphatic carbocycles. The van der Waals surface area contributed by atoms with Crippen LogP contribution in [0.2, 0.25) is 0 Å². The molecular weight excluding hydrogens is 368 g/mol. The Morgan fingerprint density at radius 2 is 1.97 bits per heavy atom. The summed E-state index contributed by atoms with van der Waals surface area (Å²) < 4.78 is 14.0. The predicted octanol–water partition coefficient (Wildman–Crippen LogP) is 4.48. The lowest BCUT2D eigenvalue weighted by atomic mass is 9.87. The quantitative estimate of drug-likeness (QED) is 0.667. The number of hydrogen-bond donors (Lipinski definition) is 1. The second kappa shape index (κ2) is 8.15. The Labute approximate surface area is 170 Å². The molecule has 0 unspecified atom stereocenters. The van der Waals surface area contributed by atoms with Crippen LogP contribution in [0.25, 0.3) is 11.0 Å². The first-order valence-electron chi connectivity index (χ1n) is 10.0. The first-order chi connectivity index (χ1) is 14.0. The number of ether oxygens (including phenoxy) is 2. The summed E-state index contributed by atoms with van der Waals surface area (Å²) in [6.07, 6.45) is 2.93. The number of hydrogen-bond acceptors (Lipinski definition) is 4. The molecule has 1 saturated carbocycles. The van der Waals surface area contributed by atoms with Gasteiger partial charge in [-0.1, -0.05) is 29.8 Å². The van der Waals surface area contributed by atoms with E-state index in [-0.39, 0.29) is 12.0 Å². The molecule has 0 atom stereocenters. The summed E-state index contributed by atoms with van der Waals surface area (Å²) in [7, 11) is 1.94. The molecule has 3 aromatic rings. The second-order valence-electron chi connectivity index (χ2n) is 7.81. The third-order valence-corrected chi connectivity index (χ3v) is 5.59. The van der Waals surface area contributed by atoms with Crippen LogP contribution in [0.3, 0.4) is 0 Å². The predicted molar refractivity (Wildman–Crippen MR) is 110 cm³/mol. The fourth-order valence-electron chi connectivity index (χ4n) is 3.93. The minimum absolute atomic E-state index is 0.0591. The molecule has 0 amide bonds. The molecule has 1 aliphatic rings. The summed E-state index contributed by atoms with van der Waals surface area (Å²) in [6, 6.07) is 14.7. The molecule has 6 nitrogen and oxygen atoms in total. The Bertz CT molecular complexity index is 1020. The SMILES string of the molecule is Cc1cccc(COc2nc3cc(O[C@H]4CC[C@@H](C(=O)O)CC4)ccc3n2C)c1. The van der Waals surface area contributed by atoms with E-state index in [0.29, 0.717) is 25.5 Å². The lowest BCUT2D eigenvalue weighted by molar-refractivity contribution is -0.143. The van der Waals surface area contributed by atoms with Crippen molar-refractivity contribution in [3.8, 4) is 11.8 Å². The number of carboxylic acids is 1. The van der Waals surface area contributed by atoms with Crippen molar-refractivity contribution >= 4 is 17.0 Å². The monoisotopic (exact) mass is 394 g/mol. The Balaban J connectivity index is 1.43. The van der Waals surface area contributed by atoms with Gasteiger partial charge >= 0.3 is 5.97 Å². The van der Waals surface area contributed by atoms with Gasteiger partial charge in [0, 0.05) is 13.1 Å². The second-order valence-corrected chi connectivity index (χ2v) is 7.81. The summed E-state index contributed by atoms with van der Waals surface area (Å²) in [5.74, 6) is -0.169. The van der Waals surface area contributed by atoms with Gasteiger partial charge in [0.05, 0.1) is 23.1 Å². The van der Waals surface area contributed by atoms with Gasteiger partial charge < -0.3 is 14.6 Å². The fourth-order valence-corrected chi connectivity index (χ4v) is 3.93. The van der Waals surface area contributed by atoms with Crippen LogP contribution >= 0.6 is 0 Å². The smallest absolute Gasteiger partial charge is 0.306 e. The zero-order chi connectivity index (χ0) is 20.4. The van der Waals surface area contributed by atoms with Gasteiger partial charge in [-0.05, 0) is 50.3 Å². The van der Waals surface area contributed by atoms with Crippen LogP contribution in [0.1, 0.15) is 36.8 Å². The molecule has 6 heteroatoms. The van der Waals surface area contributed by atoms with E-state index >= 15 is 0 Å². The standard InChI is InChI=1S/C23H26N2O4/c1-15-4-3-5-16(12-15)14-28-23-24-20-13-19(10-11-21(20)25(23)2)29-18-8-6-17(7-9-18)22(26)27/h3-5,10-13,17-18H,6-9,14H2,1-2H3,(H,26,27)/t17-,18+. The molecule has 29 heavy (non-hydrogen) atoms. The number of carboxylic acid groups (broad SMARTS) is 1. The van der Waals surface area contributed by atoms with E-state index in [0.717, 1.165) is 35.2 Å². The van der Waals surface area contributed by atoms with Gasteiger partial charge in [-0.15, -0.1) is 0 Å². The Morgan fingerprint density at radius 1 is 1.17 bits per heavy atom. The van der Waals surface area contributed by atoms with Crippen molar-refractivity contribution in [2.45, 2.75) is 45.3 Å². The van der Waals surface area contributed by atoms with Crippen LogP contribution < -0.4 is 9.47 Å². The van der Waals surface area contributed by atoms with E-state index in [1.54, 1.807) is 0 Å². The minimum Gasteiger partial charge on any atom is -0.490 e. The average molecular weight is 394 g/mol. The normalized spacial score (nSPS) is 19.2. The number of carbonyl (C=O) groups is 1. The number of aryl methyl sites for hydroxylation is 2. The number of rotatable bonds is 6.